The van der Waals surface area contributed by atoms with Gasteiger partial charge in [0, 0.05) is 6.42 Å². The molecule has 250 valence electrons. The monoisotopic (exact) mass is 660 g/mol. The highest BCUT2D eigenvalue weighted by atomic mass is 19.4. The van der Waals surface area contributed by atoms with E-state index in [-0.39, 0.29) is 19.3 Å². The molecule has 0 radical (unpaired) electrons. The lowest BCUT2D eigenvalue weighted by molar-refractivity contribution is -0.300. The summed E-state index contributed by atoms with van der Waals surface area (Å²) in [6.45, 7) is 3.85. The fraction of sp³-hybridized carbons (Fsp3) is 0.448. The molecule has 0 aliphatic carbocycles. The van der Waals surface area contributed by atoms with Crippen LogP contribution < -0.4 is 5.32 Å². The van der Waals surface area contributed by atoms with Crippen LogP contribution in [0.4, 0.5) is 36.8 Å². The number of ether oxygens (including phenoxy) is 3. The van der Waals surface area contributed by atoms with Gasteiger partial charge >= 0.3 is 24.4 Å². The molecule has 0 fully saturated rings. The number of unbranched alkanes of at least 4 members (excludes halogenated alkanes) is 2. The fourth-order valence-corrected chi connectivity index (χ4v) is 4.10. The van der Waals surface area contributed by atoms with E-state index < -0.39 is 83.1 Å². The Kier molecular flexibility index (Phi) is 11.1. The van der Waals surface area contributed by atoms with E-state index in [1.807, 2.05) is 5.32 Å². The zero-order valence-corrected chi connectivity index (χ0v) is 25.0. The quantitative estimate of drug-likeness (QED) is 0.0932. The van der Waals surface area contributed by atoms with Gasteiger partial charge in [0.25, 0.3) is 11.8 Å². The summed E-state index contributed by atoms with van der Waals surface area (Å²) in [6, 6.07) is 8.15. The molecule has 1 atom stereocenters. The molecule has 0 unspecified atom stereocenters. The molecule has 0 aliphatic rings. The van der Waals surface area contributed by atoms with Gasteiger partial charge in [-0.3, -0.25) is 5.32 Å². The van der Waals surface area contributed by atoms with Crippen LogP contribution in [0.1, 0.15) is 74.0 Å². The molecule has 2 heterocycles. The predicted molar refractivity (Wildman–Crippen MR) is 147 cm³/mol. The summed E-state index contributed by atoms with van der Waals surface area (Å²) in [6.07, 6.45) is -12.0. The zero-order valence-electron chi connectivity index (χ0n) is 25.0. The lowest BCUT2D eigenvalue weighted by Gasteiger charge is -2.32. The summed E-state index contributed by atoms with van der Waals surface area (Å²) < 4.78 is 107. The number of halogens is 6. The Balaban J connectivity index is 2.22. The third kappa shape index (κ3) is 8.80. The SMILES string of the molecule is COC(=O)c1nc(-c2nnc([C@@](CCCCC=O)(OCc3ccccc3)C(F)(F)F)o2)c(NC(=O)OC(C)(C)C)cc1C(F)(F)F. The van der Waals surface area contributed by atoms with Gasteiger partial charge in [-0.2, -0.15) is 26.3 Å². The van der Waals surface area contributed by atoms with E-state index in [9.17, 15) is 40.7 Å². The first-order valence-corrected chi connectivity index (χ1v) is 13.6. The predicted octanol–water partition coefficient (Wildman–Crippen LogP) is 7.02. The summed E-state index contributed by atoms with van der Waals surface area (Å²) in [4.78, 5) is 39.3. The molecule has 46 heavy (non-hydrogen) atoms. The lowest BCUT2D eigenvalue weighted by Crippen LogP contribution is -2.45. The molecular formula is C29H30F6N4O7. The molecule has 3 aromatic rings. The topological polar surface area (TPSA) is 143 Å². The summed E-state index contributed by atoms with van der Waals surface area (Å²) in [5.41, 5.74) is -8.50. The van der Waals surface area contributed by atoms with Crippen LogP contribution in [0.15, 0.2) is 40.8 Å². The van der Waals surface area contributed by atoms with Crippen LogP contribution in [0.3, 0.4) is 0 Å². The smallest absolute Gasteiger partial charge is 0.426 e. The molecule has 17 heteroatoms. The number of nitrogens with one attached hydrogen (secondary N) is 1. The summed E-state index contributed by atoms with van der Waals surface area (Å²) in [5.74, 6) is -3.59. The van der Waals surface area contributed by atoms with Gasteiger partial charge in [-0.25, -0.2) is 14.6 Å². The number of carbonyl (C=O) groups is 3. The number of carbonyl (C=O) groups excluding carboxylic acids is 3. The van der Waals surface area contributed by atoms with Crippen molar-refractivity contribution in [2.75, 3.05) is 12.4 Å². The van der Waals surface area contributed by atoms with Crippen molar-refractivity contribution in [3.63, 3.8) is 0 Å². The lowest BCUT2D eigenvalue weighted by atomic mass is 9.94. The minimum Gasteiger partial charge on any atom is -0.464 e. The summed E-state index contributed by atoms with van der Waals surface area (Å²) >= 11 is 0. The third-order valence-electron chi connectivity index (χ3n) is 6.20. The summed E-state index contributed by atoms with van der Waals surface area (Å²) in [5, 5.41) is 9.17. The van der Waals surface area contributed by atoms with Gasteiger partial charge < -0.3 is 23.4 Å². The highest BCUT2D eigenvalue weighted by molar-refractivity contribution is 5.94. The Labute approximate surface area is 258 Å². The molecular weight excluding hydrogens is 630 g/mol. The van der Waals surface area contributed by atoms with Crippen molar-refractivity contribution in [1.29, 1.82) is 0 Å². The van der Waals surface area contributed by atoms with Crippen molar-refractivity contribution in [2.24, 2.45) is 0 Å². The molecule has 0 spiro atoms. The first kappa shape index (κ1) is 35.9. The number of benzene rings is 1. The van der Waals surface area contributed by atoms with E-state index in [2.05, 4.69) is 19.9 Å². The van der Waals surface area contributed by atoms with Gasteiger partial charge in [-0.15, -0.1) is 10.2 Å². The van der Waals surface area contributed by atoms with Crippen molar-refractivity contribution in [2.45, 2.75) is 76.6 Å². The van der Waals surface area contributed by atoms with Gasteiger partial charge in [0.05, 0.1) is 25.0 Å². The number of alkyl halides is 6. The van der Waals surface area contributed by atoms with E-state index >= 15 is 0 Å². The number of hydrogen-bond acceptors (Lipinski definition) is 10. The number of rotatable bonds is 12. The van der Waals surface area contributed by atoms with E-state index in [0.29, 0.717) is 17.9 Å². The van der Waals surface area contributed by atoms with Crippen molar-refractivity contribution >= 4 is 24.0 Å². The van der Waals surface area contributed by atoms with Gasteiger partial charge in [-0.05, 0) is 51.7 Å². The normalized spacial score (nSPS) is 13.5. The molecule has 0 bridgehead atoms. The Hall–Kier alpha value is -4.54. The molecule has 3 rings (SSSR count). The van der Waals surface area contributed by atoms with Crippen LogP contribution in [0, 0.1) is 0 Å². The molecule has 11 nitrogen and oxygen atoms in total. The number of pyridine rings is 1. The number of esters is 1. The van der Waals surface area contributed by atoms with Crippen LogP contribution in [-0.4, -0.2) is 52.4 Å². The number of methoxy groups -OCH3 is 1. The van der Waals surface area contributed by atoms with Crippen LogP contribution in [-0.2, 0) is 37.4 Å². The molecule has 0 saturated heterocycles. The highest BCUT2D eigenvalue weighted by Crippen LogP contribution is 2.47. The van der Waals surface area contributed by atoms with Crippen LogP contribution >= 0.6 is 0 Å². The first-order valence-electron chi connectivity index (χ1n) is 13.6. The van der Waals surface area contributed by atoms with E-state index in [1.54, 1.807) is 18.2 Å². The number of aromatic nitrogens is 3. The number of nitrogens with zero attached hydrogens (tertiary/aromatic N) is 3. The fourth-order valence-electron chi connectivity index (χ4n) is 4.10. The Morgan fingerprint density at radius 1 is 1.00 bits per heavy atom. The van der Waals surface area contributed by atoms with Crippen LogP contribution in [0.2, 0.25) is 0 Å². The summed E-state index contributed by atoms with van der Waals surface area (Å²) in [7, 11) is 0.786. The molecule has 1 N–H and O–H groups in total. The van der Waals surface area contributed by atoms with Crippen molar-refractivity contribution in [1.82, 2.24) is 15.2 Å². The Morgan fingerprint density at radius 2 is 1.67 bits per heavy atom. The van der Waals surface area contributed by atoms with Crippen LogP contribution in [0.5, 0.6) is 0 Å². The van der Waals surface area contributed by atoms with Crippen molar-refractivity contribution in [3.8, 4) is 11.6 Å². The maximum absolute atomic E-state index is 14.9. The minimum atomic E-state index is -5.20. The van der Waals surface area contributed by atoms with Gasteiger partial charge in [-0.1, -0.05) is 30.3 Å². The van der Waals surface area contributed by atoms with E-state index in [1.165, 1.54) is 32.9 Å². The second-order valence-electron chi connectivity index (χ2n) is 10.8. The Morgan fingerprint density at radius 3 is 2.24 bits per heavy atom. The number of aldehydes is 1. The molecule has 2 aromatic heterocycles. The van der Waals surface area contributed by atoms with Gasteiger partial charge in [0.1, 0.15) is 11.9 Å². The highest BCUT2D eigenvalue weighted by Gasteiger charge is 2.61. The third-order valence-corrected chi connectivity index (χ3v) is 6.20. The van der Waals surface area contributed by atoms with E-state index in [0.717, 1.165) is 7.11 Å². The first-order chi connectivity index (χ1) is 21.4. The van der Waals surface area contributed by atoms with Crippen LogP contribution in [0.25, 0.3) is 11.6 Å². The Bertz CT molecular complexity index is 1520. The minimum absolute atomic E-state index is 0.0345. The standard InChI is InChI=1S/C29H30F6N4O7/c1-26(2,3)46-25(42)36-19-15-18(28(30,31)32)20(23(41)43-4)37-21(19)22-38-39-24(45-22)27(29(33,34)35,13-9-6-10-14-40)44-16-17-11-7-5-8-12-17/h5,7-8,11-12,14-15H,6,9-10,13,16H2,1-4H3,(H,36,42)/t27-/m1/s1. The largest absolute Gasteiger partial charge is 0.464 e. The van der Waals surface area contributed by atoms with E-state index in [4.69, 9.17) is 13.9 Å². The van der Waals surface area contributed by atoms with Crippen molar-refractivity contribution in [3.05, 3.63) is 59.1 Å². The maximum atomic E-state index is 14.9. The zero-order chi connectivity index (χ0) is 34.3. The number of anilines is 1. The van der Waals surface area contributed by atoms with Gasteiger partial charge in [0.15, 0.2) is 11.4 Å². The molecule has 1 amide bonds. The average molecular weight is 661 g/mol. The molecule has 0 saturated carbocycles. The maximum Gasteiger partial charge on any atom is 0.426 e. The second-order valence-corrected chi connectivity index (χ2v) is 10.8. The average Bonchev–Trinajstić information content (AvgIpc) is 3.45. The second kappa shape index (κ2) is 14.3. The van der Waals surface area contributed by atoms with Crippen molar-refractivity contribution < 1.29 is 59.4 Å². The molecule has 1 aromatic carbocycles. The number of hydrogen-bond donors (Lipinski definition) is 1. The van der Waals surface area contributed by atoms with Gasteiger partial charge in [0.2, 0.25) is 5.60 Å². The number of amides is 1. The molecule has 0 aliphatic heterocycles.